The van der Waals surface area contributed by atoms with E-state index in [2.05, 4.69) is 5.32 Å². The molecular weight excluding hydrogens is 440 g/mol. The fourth-order valence-corrected chi connectivity index (χ4v) is 5.21. The first-order valence-electron chi connectivity index (χ1n) is 10.7. The van der Waals surface area contributed by atoms with E-state index in [-0.39, 0.29) is 18.0 Å². The average molecular weight is 465 g/mol. The van der Waals surface area contributed by atoms with E-state index in [4.69, 9.17) is 14.5 Å². The number of aromatic nitrogens is 3. The predicted molar refractivity (Wildman–Crippen MR) is 128 cm³/mol. The molecule has 0 saturated heterocycles. The van der Waals surface area contributed by atoms with Crippen molar-refractivity contribution in [2.24, 2.45) is 0 Å². The molecule has 0 bridgehead atoms. The minimum atomic E-state index is -0.155. The molecule has 9 heteroatoms. The number of nitrogens with zero attached hydrogens (tertiary/aromatic N) is 3. The van der Waals surface area contributed by atoms with Gasteiger partial charge in [0.1, 0.15) is 17.6 Å². The number of fused-ring (bicyclic) bond motifs is 4. The summed E-state index contributed by atoms with van der Waals surface area (Å²) in [5.41, 5.74) is 2.92. The van der Waals surface area contributed by atoms with Crippen LogP contribution in [0.1, 0.15) is 5.56 Å². The molecule has 0 radical (unpaired) electrons. The molecule has 0 fully saturated rings. The van der Waals surface area contributed by atoms with Crippen molar-refractivity contribution in [1.29, 1.82) is 0 Å². The molecule has 3 heterocycles. The van der Waals surface area contributed by atoms with E-state index >= 15 is 0 Å². The van der Waals surface area contributed by atoms with Crippen molar-refractivity contribution in [3.8, 4) is 11.5 Å². The zero-order chi connectivity index (χ0) is 22.9. The maximum absolute atomic E-state index is 13.2. The normalized spacial score (nSPS) is 12.8. The zero-order valence-corrected chi connectivity index (χ0v) is 19.3. The molecule has 5 rings (SSSR count). The third-order valence-corrected chi connectivity index (χ3v) is 6.82. The Kier molecular flexibility index (Phi) is 5.72. The van der Waals surface area contributed by atoms with Gasteiger partial charge in [-0.15, -0.1) is 0 Å². The number of methoxy groups -OCH3 is 2. The van der Waals surface area contributed by atoms with Crippen LogP contribution in [0.4, 0.5) is 0 Å². The van der Waals surface area contributed by atoms with Crippen LogP contribution >= 0.6 is 11.8 Å². The number of hydrogen-bond acceptors (Lipinski definition) is 6. The lowest BCUT2D eigenvalue weighted by molar-refractivity contribution is -0.121. The van der Waals surface area contributed by atoms with Crippen molar-refractivity contribution < 1.29 is 14.3 Å². The number of benzene rings is 2. The molecule has 0 aliphatic carbocycles. The van der Waals surface area contributed by atoms with Crippen LogP contribution in [0.5, 0.6) is 11.5 Å². The minimum Gasteiger partial charge on any atom is -0.493 e. The molecule has 8 nitrogen and oxygen atoms in total. The number of para-hydroxylation sites is 1. The minimum absolute atomic E-state index is 0.0549. The van der Waals surface area contributed by atoms with Gasteiger partial charge < -0.3 is 19.4 Å². The van der Waals surface area contributed by atoms with Crippen LogP contribution in [-0.2, 0) is 24.3 Å². The van der Waals surface area contributed by atoms with Gasteiger partial charge in [-0.3, -0.25) is 14.2 Å². The van der Waals surface area contributed by atoms with Crippen LogP contribution in [-0.4, -0.2) is 46.5 Å². The molecule has 1 aliphatic rings. The molecule has 0 saturated carbocycles. The number of carbonyl (C=O) groups excluding carboxylic acids is 1. The van der Waals surface area contributed by atoms with Gasteiger partial charge in [0.25, 0.3) is 5.56 Å². The van der Waals surface area contributed by atoms with Gasteiger partial charge in [-0.25, -0.2) is 4.98 Å². The number of hydrogen-bond donors (Lipinski definition) is 1. The summed E-state index contributed by atoms with van der Waals surface area (Å²) >= 11 is 1.59. The van der Waals surface area contributed by atoms with E-state index in [0.717, 1.165) is 27.4 Å². The summed E-state index contributed by atoms with van der Waals surface area (Å²) in [6.07, 6.45) is 0.647. The highest BCUT2D eigenvalue weighted by Gasteiger charge is 2.23. The van der Waals surface area contributed by atoms with Gasteiger partial charge in [0.2, 0.25) is 5.91 Å². The van der Waals surface area contributed by atoms with Crippen LogP contribution in [0.3, 0.4) is 0 Å². The first kappa shape index (κ1) is 21.4. The first-order chi connectivity index (χ1) is 16.1. The summed E-state index contributed by atoms with van der Waals surface area (Å²) < 4.78 is 14.1. The molecule has 1 amide bonds. The number of ether oxygens (including phenoxy) is 2. The number of thioether (sulfide) groups is 1. The van der Waals surface area contributed by atoms with Gasteiger partial charge in [0.15, 0.2) is 16.7 Å². The van der Waals surface area contributed by atoms with Crippen LogP contribution in [0.15, 0.2) is 52.4 Å². The Balaban J connectivity index is 1.38. The largest absolute Gasteiger partial charge is 0.493 e. The zero-order valence-electron chi connectivity index (χ0n) is 18.5. The smallest absolute Gasteiger partial charge is 0.278 e. The van der Waals surface area contributed by atoms with E-state index < -0.39 is 0 Å². The Morgan fingerprint density at radius 2 is 1.97 bits per heavy atom. The monoisotopic (exact) mass is 464 g/mol. The van der Waals surface area contributed by atoms with Crippen molar-refractivity contribution in [3.63, 3.8) is 0 Å². The van der Waals surface area contributed by atoms with Crippen molar-refractivity contribution in [2.45, 2.75) is 24.7 Å². The maximum atomic E-state index is 13.2. The Morgan fingerprint density at radius 1 is 1.15 bits per heavy atom. The second-order valence-electron chi connectivity index (χ2n) is 7.79. The molecule has 2 aromatic heterocycles. The Morgan fingerprint density at radius 3 is 2.79 bits per heavy atom. The average Bonchev–Trinajstić information content (AvgIpc) is 3.43. The lowest BCUT2D eigenvalue weighted by atomic mass is 10.1. The number of rotatable bonds is 7. The van der Waals surface area contributed by atoms with Gasteiger partial charge >= 0.3 is 0 Å². The molecule has 0 atom stereocenters. The quantitative estimate of drug-likeness (QED) is 0.423. The molecule has 170 valence electrons. The number of nitrogens with one attached hydrogen (secondary N) is 1. The fraction of sp³-hybridized carbons (Fsp3) is 0.292. The highest BCUT2D eigenvalue weighted by molar-refractivity contribution is 7.99. The van der Waals surface area contributed by atoms with Crippen LogP contribution in [0, 0.1) is 0 Å². The SMILES string of the molecule is COc1ccc(CCNC(=O)Cn2c3ccccc3c3nc4n(c(=O)c32)CCS4)cc1OC. The molecule has 33 heavy (non-hydrogen) atoms. The van der Waals surface area contributed by atoms with Crippen molar-refractivity contribution in [2.75, 3.05) is 26.5 Å². The van der Waals surface area contributed by atoms with Crippen molar-refractivity contribution >= 4 is 39.6 Å². The van der Waals surface area contributed by atoms with E-state index in [9.17, 15) is 9.59 Å². The Bertz CT molecular complexity index is 1430. The molecular formula is C24H24N4O4S. The lowest BCUT2D eigenvalue weighted by Crippen LogP contribution is -2.30. The van der Waals surface area contributed by atoms with Crippen LogP contribution in [0.2, 0.25) is 0 Å². The number of amides is 1. The summed E-state index contributed by atoms with van der Waals surface area (Å²) in [5.74, 6) is 2.01. The number of carbonyl (C=O) groups is 1. The maximum Gasteiger partial charge on any atom is 0.278 e. The van der Waals surface area contributed by atoms with Crippen molar-refractivity contribution in [3.05, 3.63) is 58.4 Å². The van der Waals surface area contributed by atoms with Crippen molar-refractivity contribution in [1.82, 2.24) is 19.4 Å². The topological polar surface area (TPSA) is 87.4 Å². The fourth-order valence-electron chi connectivity index (χ4n) is 4.27. The third kappa shape index (κ3) is 3.82. The highest BCUT2D eigenvalue weighted by atomic mass is 32.2. The van der Waals surface area contributed by atoms with E-state index in [1.807, 2.05) is 42.5 Å². The second kappa shape index (κ2) is 8.82. The van der Waals surface area contributed by atoms with Crippen LogP contribution in [0.25, 0.3) is 21.9 Å². The van der Waals surface area contributed by atoms with Gasteiger partial charge in [-0.2, -0.15) is 0 Å². The summed E-state index contributed by atoms with van der Waals surface area (Å²) in [4.78, 5) is 30.8. The molecule has 1 aliphatic heterocycles. The predicted octanol–water partition coefficient (Wildman–Crippen LogP) is 2.83. The summed E-state index contributed by atoms with van der Waals surface area (Å²) in [7, 11) is 3.20. The third-order valence-electron chi connectivity index (χ3n) is 5.86. The van der Waals surface area contributed by atoms with Gasteiger partial charge in [-0.1, -0.05) is 36.0 Å². The molecule has 2 aromatic carbocycles. The first-order valence-corrected chi connectivity index (χ1v) is 11.7. The summed E-state index contributed by atoms with van der Waals surface area (Å²) in [6.45, 7) is 1.16. The lowest BCUT2D eigenvalue weighted by Gasteiger charge is -2.11. The van der Waals surface area contributed by atoms with Crippen LogP contribution < -0.4 is 20.3 Å². The standard InChI is InChI=1S/C24H24N4O4S/c1-31-18-8-7-15(13-19(18)32-2)9-10-25-20(29)14-28-17-6-4-3-5-16(17)21-22(28)23(30)27-11-12-33-24(27)26-21/h3-8,13H,9-12,14H2,1-2H3,(H,25,29). The molecule has 1 N–H and O–H groups in total. The van der Waals surface area contributed by atoms with Gasteiger partial charge in [0.05, 0.1) is 19.7 Å². The van der Waals surface area contributed by atoms with Gasteiger partial charge in [0, 0.05) is 24.2 Å². The van der Waals surface area contributed by atoms with E-state index in [0.29, 0.717) is 42.0 Å². The summed E-state index contributed by atoms with van der Waals surface area (Å²) in [5, 5.41) is 4.60. The second-order valence-corrected chi connectivity index (χ2v) is 8.85. The molecule has 0 unspecified atom stereocenters. The molecule has 4 aromatic rings. The molecule has 0 spiro atoms. The Hall–Kier alpha value is -3.46. The van der Waals surface area contributed by atoms with E-state index in [1.165, 1.54) is 0 Å². The van der Waals surface area contributed by atoms with E-state index in [1.54, 1.807) is 35.1 Å². The summed E-state index contributed by atoms with van der Waals surface area (Å²) in [6, 6.07) is 13.4. The Labute approximate surface area is 194 Å². The highest BCUT2D eigenvalue weighted by Crippen LogP contribution is 2.30. The van der Waals surface area contributed by atoms with Gasteiger partial charge in [-0.05, 0) is 30.2 Å².